The number of hydrogen-bond donors (Lipinski definition) is 0. The van der Waals surface area contributed by atoms with E-state index in [1.165, 1.54) is 6.20 Å². The van der Waals surface area contributed by atoms with Crippen LogP contribution in [0.25, 0.3) is 12.1 Å². The van der Waals surface area contributed by atoms with Crippen LogP contribution in [0.4, 0.5) is 0 Å². The molecule has 0 saturated carbocycles. The summed E-state index contributed by atoms with van der Waals surface area (Å²) >= 11 is 0. The van der Waals surface area contributed by atoms with E-state index in [9.17, 15) is 4.91 Å². The van der Waals surface area contributed by atoms with Crippen molar-refractivity contribution < 1.29 is 9.30 Å². The molecule has 0 radical (unpaired) electrons. The lowest BCUT2D eigenvalue weighted by Crippen LogP contribution is -2.55. The fourth-order valence-electron chi connectivity index (χ4n) is 1.99. The molecule has 0 bridgehead atoms. The van der Waals surface area contributed by atoms with Gasteiger partial charge in [-0.3, -0.25) is 0 Å². The zero-order valence-electron chi connectivity index (χ0n) is 11.2. The van der Waals surface area contributed by atoms with Gasteiger partial charge in [0, 0.05) is 13.1 Å². The van der Waals surface area contributed by atoms with Gasteiger partial charge in [-0.25, -0.2) is 0 Å². The lowest BCUT2D eigenvalue weighted by atomic mass is 10.1. The monoisotopic (exact) mass is 248 g/mol. The fourth-order valence-corrected chi connectivity index (χ4v) is 1.99. The van der Waals surface area contributed by atoms with E-state index in [1.54, 1.807) is 0 Å². The van der Waals surface area contributed by atoms with Gasteiger partial charge in [0.05, 0.1) is 5.54 Å². The Balaban J connectivity index is 2.77. The number of aryl methyl sites for hydroxylation is 1. The minimum absolute atomic E-state index is 0.0460. The third-order valence-electron chi connectivity index (χ3n) is 3.41. The molecule has 96 valence electrons. The molecule has 0 aliphatic carbocycles. The Morgan fingerprint density at radius 3 is 2.83 bits per heavy atom. The van der Waals surface area contributed by atoms with E-state index >= 15 is 0 Å². The molecule has 1 fully saturated rings. The van der Waals surface area contributed by atoms with Gasteiger partial charge in [0.2, 0.25) is 11.2 Å². The van der Waals surface area contributed by atoms with Crippen LogP contribution in [-0.2, 0) is 11.8 Å². The van der Waals surface area contributed by atoms with Gasteiger partial charge in [-0.15, -0.1) is 4.91 Å². The molecule has 1 saturated heterocycles. The smallest absolute Gasteiger partial charge is 0.239 e. The molecule has 1 aliphatic heterocycles. The van der Waals surface area contributed by atoms with E-state index in [0.29, 0.717) is 6.61 Å². The van der Waals surface area contributed by atoms with Crippen LogP contribution in [0.5, 0.6) is 0 Å². The second-order valence-electron chi connectivity index (χ2n) is 5.12. The van der Waals surface area contributed by atoms with Crippen molar-refractivity contribution in [1.29, 1.82) is 0 Å². The Morgan fingerprint density at radius 1 is 1.56 bits per heavy atom. The van der Waals surface area contributed by atoms with Gasteiger partial charge < -0.3 is 9.64 Å². The topological polar surface area (TPSA) is 45.8 Å². The highest BCUT2D eigenvalue weighted by atomic mass is 16.5. The summed E-state index contributed by atoms with van der Waals surface area (Å²) < 4.78 is 7.63. The SMILES string of the molecule is CN1/C(=c2/ccc[n+](C)c2=CN=O)OCC1(C)C. The maximum absolute atomic E-state index is 10.5. The number of nitroso groups, excluding NO2 is 1. The highest BCUT2D eigenvalue weighted by Gasteiger charge is 2.34. The Morgan fingerprint density at radius 2 is 2.28 bits per heavy atom. The predicted octanol–water partition coefficient (Wildman–Crippen LogP) is -0.178. The predicted molar refractivity (Wildman–Crippen MR) is 68.3 cm³/mol. The first-order valence-corrected chi connectivity index (χ1v) is 5.85. The van der Waals surface area contributed by atoms with E-state index in [0.717, 1.165) is 16.5 Å². The van der Waals surface area contributed by atoms with Crippen molar-refractivity contribution in [2.24, 2.45) is 12.2 Å². The first kappa shape index (κ1) is 12.5. The summed E-state index contributed by atoms with van der Waals surface area (Å²) in [5.74, 6) is 0.783. The molecule has 0 N–H and O–H groups in total. The Kier molecular flexibility index (Phi) is 3.07. The number of nitrogens with zero attached hydrogens (tertiary/aromatic N) is 3. The zero-order chi connectivity index (χ0) is 13.3. The van der Waals surface area contributed by atoms with E-state index in [4.69, 9.17) is 4.74 Å². The molecule has 1 aromatic rings. The van der Waals surface area contributed by atoms with Crippen LogP contribution in [0, 0.1) is 4.91 Å². The minimum atomic E-state index is -0.0460. The van der Waals surface area contributed by atoms with Crippen LogP contribution in [0.3, 0.4) is 0 Å². The molecule has 5 nitrogen and oxygen atoms in total. The van der Waals surface area contributed by atoms with Crippen LogP contribution in [0.2, 0.25) is 0 Å². The van der Waals surface area contributed by atoms with Crippen molar-refractivity contribution in [2.75, 3.05) is 13.7 Å². The second kappa shape index (κ2) is 4.40. The van der Waals surface area contributed by atoms with Crippen molar-refractivity contribution in [1.82, 2.24) is 4.90 Å². The van der Waals surface area contributed by atoms with E-state index in [1.807, 2.05) is 37.0 Å². The maximum Gasteiger partial charge on any atom is 0.239 e. The number of ether oxygens (including phenoxy) is 1. The summed E-state index contributed by atoms with van der Waals surface area (Å²) in [5.41, 5.74) is -0.0460. The van der Waals surface area contributed by atoms with Crippen LogP contribution < -0.4 is 15.1 Å². The van der Waals surface area contributed by atoms with Gasteiger partial charge >= 0.3 is 0 Å². The molecular formula is C13H18N3O2+. The zero-order valence-corrected chi connectivity index (χ0v) is 11.2. The van der Waals surface area contributed by atoms with Gasteiger partial charge in [0.15, 0.2) is 6.20 Å². The van der Waals surface area contributed by atoms with Crippen LogP contribution in [0.1, 0.15) is 13.8 Å². The summed E-state index contributed by atoms with van der Waals surface area (Å²) in [6.45, 7) is 4.86. The average Bonchev–Trinajstić information content (AvgIpc) is 2.58. The third-order valence-corrected chi connectivity index (χ3v) is 3.41. The molecule has 0 amide bonds. The van der Waals surface area contributed by atoms with Crippen molar-refractivity contribution in [3.05, 3.63) is 33.8 Å². The molecule has 1 aromatic heterocycles. The largest absolute Gasteiger partial charge is 0.476 e. The molecule has 0 aromatic carbocycles. The summed E-state index contributed by atoms with van der Waals surface area (Å²) in [4.78, 5) is 12.6. The van der Waals surface area contributed by atoms with Gasteiger partial charge in [0.1, 0.15) is 25.1 Å². The summed E-state index contributed by atoms with van der Waals surface area (Å²) in [5, 5.41) is 4.50. The Hall–Kier alpha value is -1.91. The number of aromatic nitrogens is 1. The fraction of sp³-hybridized carbons (Fsp3) is 0.462. The van der Waals surface area contributed by atoms with Gasteiger partial charge in [-0.2, -0.15) is 4.57 Å². The molecule has 1 aliphatic rings. The van der Waals surface area contributed by atoms with E-state index in [-0.39, 0.29) is 5.54 Å². The molecule has 0 unspecified atom stereocenters. The lowest BCUT2D eigenvalue weighted by molar-refractivity contribution is -0.685. The average molecular weight is 248 g/mol. The summed E-state index contributed by atoms with van der Waals surface area (Å²) in [6.07, 6.45) is 3.19. The van der Waals surface area contributed by atoms with Crippen molar-refractivity contribution in [2.45, 2.75) is 19.4 Å². The quantitative estimate of drug-likeness (QED) is 0.512. The third kappa shape index (κ3) is 1.96. The highest BCUT2D eigenvalue weighted by molar-refractivity contribution is 5.39. The van der Waals surface area contributed by atoms with Crippen molar-refractivity contribution >= 4 is 12.1 Å². The normalized spacial score (nSPS) is 22.0. The highest BCUT2D eigenvalue weighted by Crippen LogP contribution is 2.26. The molecule has 5 heteroatoms. The van der Waals surface area contributed by atoms with E-state index < -0.39 is 0 Å². The number of likely N-dealkylation sites (N-methyl/N-ethyl adjacent to an activating group) is 1. The molecule has 2 rings (SSSR count). The minimum Gasteiger partial charge on any atom is -0.476 e. The molecule has 2 heterocycles. The van der Waals surface area contributed by atoms with Crippen LogP contribution >= 0.6 is 0 Å². The number of rotatable bonds is 1. The van der Waals surface area contributed by atoms with Crippen molar-refractivity contribution in [3.8, 4) is 0 Å². The van der Waals surface area contributed by atoms with Crippen LogP contribution in [0.15, 0.2) is 23.5 Å². The second-order valence-corrected chi connectivity index (χ2v) is 5.12. The number of hydrogen-bond acceptors (Lipinski definition) is 4. The standard InChI is InChI=1S/C13H18N3O2/c1-13(2)9-18-12(16(13)4)10-6-5-7-15(3)11(10)8-14-17/h5-8H,9H2,1-4H3/q+1. The van der Waals surface area contributed by atoms with Gasteiger partial charge in [-0.1, -0.05) is 0 Å². The van der Waals surface area contributed by atoms with E-state index in [2.05, 4.69) is 23.9 Å². The Bertz CT molecular complexity index is 593. The van der Waals surface area contributed by atoms with Crippen molar-refractivity contribution in [3.63, 3.8) is 0 Å². The van der Waals surface area contributed by atoms with Gasteiger partial charge in [-0.05, 0) is 25.1 Å². The molecule has 0 atom stereocenters. The van der Waals surface area contributed by atoms with Crippen LogP contribution in [-0.4, -0.2) is 24.1 Å². The molecular weight excluding hydrogens is 230 g/mol. The molecule has 0 spiro atoms. The summed E-state index contributed by atoms with van der Waals surface area (Å²) in [7, 11) is 3.87. The maximum atomic E-state index is 10.5. The first-order valence-electron chi connectivity index (χ1n) is 5.85. The summed E-state index contributed by atoms with van der Waals surface area (Å²) in [6, 6.07) is 3.86. The van der Waals surface area contributed by atoms with Gasteiger partial charge in [0.25, 0.3) is 0 Å². The lowest BCUT2D eigenvalue weighted by Gasteiger charge is -2.25. The number of pyridine rings is 1. The first-order chi connectivity index (χ1) is 8.47. The molecule has 18 heavy (non-hydrogen) atoms. The Labute approximate surface area is 106 Å².